The van der Waals surface area contributed by atoms with Crippen LogP contribution in [0, 0.1) is 0 Å². The number of nitrogens with two attached hydrogens (primary N) is 1. The van der Waals surface area contributed by atoms with E-state index in [0.29, 0.717) is 34.1 Å². The lowest BCUT2D eigenvalue weighted by molar-refractivity contribution is 0.0998. The van der Waals surface area contributed by atoms with Gasteiger partial charge in [0, 0.05) is 29.1 Å². The van der Waals surface area contributed by atoms with Crippen LogP contribution in [0.5, 0.6) is 17.2 Å². The molecule has 0 unspecified atom stereocenters. The number of methoxy groups -OCH3 is 2. The number of hydrogen-bond acceptors (Lipinski definition) is 7. The number of rotatable bonds is 7. The number of amides is 1. The Labute approximate surface area is 177 Å². The minimum atomic E-state index is -0.707. The van der Waals surface area contributed by atoms with Gasteiger partial charge in [-0.3, -0.25) is 9.79 Å². The molecule has 1 amide bonds. The summed E-state index contributed by atoms with van der Waals surface area (Å²) in [7, 11) is 3.17. The van der Waals surface area contributed by atoms with Crippen molar-refractivity contribution in [3.8, 4) is 28.5 Å². The lowest BCUT2D eigenvalue weighted by atomic mass is 10.1. The van der Waals surface area contributed by atoms with Gasteiger partial charge in [-0.05, 0) is 37.3 Å². The standard InChI is InChI=1S/C21H22N4O4S/c1-4-23-21-25(24-11-14-5-7-15(28-2)10-19(14)29-3)17(12-30-21)13-6-8-18(26)16(9-13)20(22)27/h5-12,26H,4H2,1-3H3,(H2,22,27)/b23-21?,24-11+. The summed E-state index contributed by atoms with van der Waals surface area (Å²) >= 11 is 1.42. The Morgan fingerprint density at radius 1 is 1.23 bits per heavy atom. The lowest BCUT2D eigenvalue weighted by Gasteiger charge is -2.08. The zero-order valence-corrected chi connectivity index (χ0v) is 17.6. The third-order valence-corrected chi connectivity index (χ3v) is 5.14. The molecule has 0 saturated carbocycles. The maximum Gasteiger partial charge on any atom is 0.252 e. The first-order chi connectivity index (χ1) is 14.5. The fourth-order valence-corrected chi connectivity index (χ4v) is 3.69. The summed E-state index contributed by atoms with van der Waals surface area (Å²) in [6.07, 6.45) is 1.67. The molecule has 8 nitrogen and oxygen atoms in total. The minimum absolute atomic E-state index is 0.0417. The summed E-state index contributed by atoms with van der Waals surface area (Å²) in [4.78, 5) is 16.8. The first-order valence-electron chi connectivity index (χ1n) is 9.09. The second-order valence-electron chi connectivity index (χ2n) is 6.14. The van der Waals surface area contributed by atoms with Crippen LogP contribution in [0.1, 0.15) is 22.8 Å². The maximum atomic E-state index is 11.6. The molecule has 0 saturated heterocycles. The van der Waals surface area contributed by atoms with Crippen LogP contribution < -0.4 is 20.0 Å². The van der Waals surface area contributed by atoms with E-state index in [1.165, 1.54) is 23.5 Å². The molecule has 0 bridgehead atoms. The second kappa shape index (κ2) is 9.27. The summed E-state index contributed by atoms with van der Waals surface area (Å²) in [6, 6.07) is 10.1. The van der Waals surface area contributed by atoms with E-state index in [2.05, 4.69) is 10.1 Å². The highest BCUT2D eigenvalue weighted by Gasteiger charge is 2.13. The van der Waals surface area contributed by atoms with Crippen LogP contribution in [0.4, 0.5) is 0 Å². The Morgan fingerprint density at radius 3 is 2.70 bits per heavy atom. The largest absolute Gasteiger partial charge is 0.507 e. The topological polar surface area (TPSA) is 111 Å². The van der Waals surface area contributed by atoms with Crippen molar-refractivity contribution in [2.45, 2.75) is 6.92 Å². The smallest absolute Gasteiger partial charge is 0.252 e. The number of aromatic nitrogens is 1. The third-order valence-electron chi connectivity index (χ3n) is 4.29. The summed E-state index contributed by atoms with van der Waals surface area (Å²) < 4.78 is 12.3. The number of thiazole rings is 1. The van der Waals surface area contributed by atoms with Gasteiger partial charge in [-0.25, -0.2) is 4.68 Å². The average Bonchev–Trinajstić information content (AvgIpc) is 3.15. The van der Waals surface area contributed by atoms with Crippen molar-refractivity contribution in [1.82, 2.24) is 4.68 Å². The van der Waals surface area contributed by atoms with E-state index in [9.17, 15) is 9.90 Å². The number of benzene rings is 2. The van der Waals surface area contributed by atoms with Gasteiger partial charge in [0.1, 0.15) is 17.2 Å². The van der Waals surface area contributed by atoms with E-state index < -0.39 is 5.91 Å². The van der Waals surface area contributed by atoms with Gasteiger partial charge in [0.05, 0.1) is 31.7 Å². The van der Waals surface area contributed by atoms with Gasteiger partial charge in [0.25, 0.3) is 5.91 Å². The van der Waals surface area contributed by atoms with Crippen LogP contribution in [-0.4, -0.2) is 42.7 Å². The number of aromatic hydroxyl groups is 1. The highest BCUT2D eigenvalue weighted by Crippen LogP contribution is 2.27. The fraction of sp³-hybridized carbons (Fsp3) is 0.190. The number of phenols is 1. The molecule has 9 heteroatoms. The Kier molecular flexibility index (Phi) is 6.53. The molecule has 156 valence electrons. The summed E-state index contributed by atoms with van der Waals surface area (Å²) in [5.74, 6) is 0.418. The van der Waals surface area contributed by atoms with Gasteiger partial charge in [-0.15, -0.1) is 11.3 Å². The number of carbonyl (C=O) groups excluding carboxylic acids is 1. The zero-order chi connectivity index (χ0) is 21.7. The molecule has 3 aromatic rings. The predicted octanol–water partition coefficient (Wildman–Crippen LogP) is 2.84. The van der Waals surface area contributed by atoms with Crippen molar-refractivity contribution in [3.63, 3.8) is 0 Å². The molecule has 3 N–H and O–H groups in total. The van der Waals surface area contributed by atoms with Crippen molar-refractivity contribution in [2.75, 3.05) is 20.8 Å². The third kappa shape index (κ3) is 4.36. The summed E-state index contributed by atoms with van der Waals surface area (Å²) in [5.41, 5.74) is 7.55. The minimum Gasteiger partial charge on any atom is -0.507 e. The van der Waals surface area contributed by atoms with E-state index in [0.717, 1.165) is 5.56 Å². The van der Waals surface area contributed by atoms with E-state index in [1.54, 1.807) is 37.2 Å². The second-order valence-corrected chi connectivity index (χ2v) is 6.97. The number of carbonyl (C=O) groups is 1. The van der Waals surface area contributed by atoms with Crippen molar-refractivity contribution in [1.29, 1.82) is 0 Å². The fourth-order valence-electron chi connectivity index (χ4n) is 2.79. The predicted molar refractivity (Wildman–Crippen MR) is 117 cm³/mol. The van der Waals surface area contributed by atoms with Crippen molar-refractivity contribution >= 4 is 23.5 Å². The Morgan fingerprint density at radius 2 is 2.03 bits per heavy atom. The molecule has 1 heterocycles. The van der Waals surface area contributed by atoms with Gasteiger partial charge < -0.3 is 20.3 Å². The maximum absolute atomic E-state index is 11.6. The Balaban J connectivity index is 2.11. The monoisotopic (exact) mass is 426 g/mol. The molecule has 2 aromatic carbocycles. The van der Waals surface area contributed by atoms with Crippen LogP contribution in [0.3, 0.4) is 0 Å². The normalized spacial score (nSPS) is 11.8. The van der Waals surface area contributed by atoms with Crippen LogP contribution in [-0.2, 0) is 0 Å². The van der Waals surface area contributed by atoms with E-state index in [4.69, 9.17) is 15.2 Å². The van der Waals surface area contributed by atoms with E-state index >= 15 is 0 Å². The van der Waals surface area contributed by atoms with E-state index in [-0.39, 0.29) is 11.3 Å². The summed E-state index contributed by atoms with van der Waals surface area (Å²) in [6.45, 7) is 2.52. The molecule has 3 rings (SSSR count). The molecule has 0 aliphatic rings. The molecule has 0 aliphatic heterocycles. The Bertz CT molecular complexity index is 1160. The molecule has 30 heavy (non-hydrogen) atoms. The lowest BCUT2D eigenvalue weighted by Crippen LogP contribution is -2.13. The summed E-state index contributed by atoms with van der Waals surface area (Å²) in [5, 5.41) is 16.4. The SMILES string of the molecule is CCN=c1scc(-c2ccc(O)c(C(N)=O)c2)n1/N=C/c1ccc(OC)cc1OC. The van der Waals surface area contributed by atoms with Gasteiger partial charge in [-0.2, -0.15) is 5.10 Å². The van der Waals surface area contributed by atoms with Crippen molar-refractivity contribution in [2.24, 2.45) is 15.8 Å². The number of nitrogens with zero attached hydrogens (tertiary/aromatic N) is 3. The zero-order valence-electron chi connectivity index (χ0n) is 16.8. The number of hydrogen-bond donors (Lipinski definition) is 2. The molecule has 1 aromatic heterocycles. The highest BCUT2D eigenvalue weighted by molar-refractivity contribution is 7.07. The number of primary amides is 1. The molecular formula is C21H22N4O4S. The molecular weight excluding hydrogens is 404 g/mol. The molecule has 0 aliphatic carbocycles. The molecule has 0 fully saturated rings. The molecule has 0 atom stereocenters. The van der Waals surface area contributed by atoms with Gasteiger partial charge in [0.2, 0.25) is 4.80 Å². The van der Waals surface area contributed by atoms with Crippen molar-refractivity contribution in [3.05, 3.63) is 57.7 Å². The van der Waals surface area contributed by atoms with Crippen LogP contribution in [0.2, 0.25) is 0 Å². The highest BCUT2D eigenvalue weighted by atomic mass is 32.1. The number of ether oxygens (including phenoxy) is 2. The van der Waals surface area contributed by atoms with Gasteiger partial charge in [-0.1, -0.05) is 0 Å². The molecule has 0 spiro atoms. The first-order valence-corrected chi connectivity index (χ1v) is 9.97. The van der Waals surface area contributed by atoms with Crippen LogP contribution >= 0.6 is 11.3 Å². The Hall–Kier alpha value is -3.59. The molecule has 0 radical (unpaired) electrons. The first kappa shape index (κ1) is 21.1. The average molecular weight is 426 g/mol. The van der Waals surface area contributed by atoms with Crippen LogP contribution in [0.25, 0.3) is 11.3 Å². The van der Waals surface area contributed by atoms with Gasteiger partial charge in [0.15, 0.2) is 0 Å². The quantitative estimate of drug-likeness (QED) is 0.566. The van der Waals surface area contributed by atoms with Crippen molar-refractivity contribution < 1.29 is 19.4 Å². The van der Waals surface area contributed by atoms with E-state index in [1.807, 2.05) is 24.4 Å². The van der Waals surface area contributed by atoms with Gasteiger partial charge >= 0.3 is 0 Å². The van der Waals surface area contributed by atoms with Crippen LogP contribution in [0.15, 0.2) is 51.9 Å².